The van der Waals surface area contributed by atoms with Crippen molar-refractivity contribution in [1.29, 1.82) is 0 Å². The number of amides is 1. The van der Waals surface area contributed by atoms with Crippen LogP contribution in [0.25, 0.3) is 0 Å². The summed E-state index contributed by atoms with van der Waals surface area (Å²) in [6, 6.07) is -0.965. The van der Waals surface area contributed by atoms with Gasteiger partial charge in [-0.1, -0.05) is 13.3 Å². The average Bonchev–Trinajstić information content (AvgIpc) is 2.77. The molecule has 1 saturated heterocycles. The van der Waals surface area contributed by atoms with Gasteiger partial charge in [-0.15, -0.1) is 0 Å². The summed E-state index contributed by atoms with van der Waals surface area (Å²) in [6.45, 7) is 7.52. The van der Waals surface area contributed by atoms with Crippen molar-refractivity contribution in [3.8, 4) is 0 Å². The van der Waals surface area contributed by atoms with Gasteiger partial charge in [0.15, 0.2) is 6.04 Å². The molecule has 2 aliphatic rings. The van der Waals surface area contributed by atoms with Crippen molar-refractivity contribution in [2.45, 2.75) is 77.2 Å². The van der Waals surface area contributed by atoms with E-state index < -0.39 is 29.4 Å². The molecule has 1 saturated carbocycles. The molecule has 1 spiro atoms. The van der Waals surface area contributed by atoms with Crippen molar-refractivity contribution >= 4 is 12.1 Å². The van der Waals surface area contributed by atoms with Crippen LogP contribution in [0.2, 0.25) is 0 Å². The minimum Gasteiger partial charge on any atom is -0.480 e. The molecule has 1 amide bonds. The van der Waals surface area contributed by atoms with Crippen LogP contribution in [0.15, 0.2) is 0 Å². The number of rotatable bonds is 2. The second-order valence-corrected chi connectivity index (χ2v) is 7.31. The SMILES string of the molecule is CCC1CCC2(CC1)OCC(C(=O)O)N2C(=O)OC(C)(C)C. The largest absolute Gasteiger partial charge is 0.480 e. The van der Waals surface area contributed by atoms with Crippen molar-refractivity contribution in [3.63, 3.8) is 0 Å². The topological polar surface area (TPSA) is 76.1 Å². The molecule has 22 heavy (non-hydrogen) atoms. The Bertz CT molecular complexity index is 434. The molecule has 0 aromatic heterocycles. The summed E-state index contributed by atoms with van der Waals surface area (Å²) >= 11 is 0. The Balaban J connectivity index is 2.22. The van der Waals surface area contributed by atoms with Crippen LogP contribution >= 0.6 is 0 Å². The van der Waals surface area contributed by atoms with Crippen LogP contribution in [-0.2, 0) is 14.3 Å². The maximum absolute atomic E-state index is 12.6. The smallest absolute Gasteiger partial charge is 0.413 e. The number of aliphatic carboxylic acids is 1. The van der Waals surface area contributed by atoms with E-state index in [0.717, 1.165) is 19.3 Å². The summed E-state index contributed by atoms with van der Waals surface area (Å²) in [5, 5.41) is 9.41. The van der Waals surface area contributed by atoms with Crippen LogP contribution in [0, 0.1) is 5.92 Å². The summed E-state index contributed by atoms with van der Waals surface area (Å²) in [4.78, 5) is 25.4. The van der Waals surface area contributed by atoms with E-state index in [2.05, 4.69) is 6.92 Å². The first-order chi connectivity index (χ1) is 10.2. The number of hydrogen-bond acceptors (Lipinski definition) is 4. The van der Waals surface area contributed by atoms with Gasteiger partial charge in [0.25, 0.3) is 0 Å². The van der Waals surface area contributed by atoms with Crippen molar-refractivity contribution in [3.05, 3.63) is 0 Å². The molecule has 6 heteroatoms. The summed E-state index contributed by atoms with van der Waals surface area (Å²) in [7, 11) is 0. The molecular formula is C16H27NO5. The summed E-state index contributed by atoms with van der Waals surface area (Å²) < 4.78 is 11.3. The molecule has 1 aliphatic heterocycles. The average molecular weight is 313 g/mol. The molecule has 2 rings (SSSR count). The van der Waals surface area contributed by atoms with Crippen LogP contribution in [0.4, 0.5) is 4.79 Å². The monoisotopic (exact) mass is 313 g/mol. The summed E-state index contributed by atoms with van der Waals surface area (Å²) in [5.74, 6) is -0.418. The molecule has 0 aromatic rings. The lowest BCUT2D eigenvalue weighted by atomic mass is 9.81. The molecule has 1 heterocycles. The fourth-order valence-corrected chi connectivity index (χ4v) is 3.37. The van der Waals surface area contributed by atoms with Gasteiger partial charge >= 0.3 is 12.1 Å². The highest BCUT2D eigenvalue weighted by Crippen LogP contribution is 2.43. The third-order valence-corrected chi connectivity index (χ3v) is 4.60. The quantitative estimate of drug-likeness (QED) is 0.848. The van der Waals surface area contributed by atoms with Crippen LogP contribution < -0.4 is 0 Å². The highest BCUT2D eigenvalue weighted by molar-refractivity contribution is 5.81. The molecule has 1 atom stereocenters. The summed E-state index contributed by atoms with van der Waals surface area (Å²) in [5.41, 5.74) is -1.47. The molecule has 1 aliphatic carbocycles. The Hall–Kier alpha value is -1.30. The number of hydrogen-bond donors (Lipinski definition) is 1. The lowest BCUT2D eigenvalue weighted by molar-refractivity contribution is -0.146. The first kappa shape index (κ1) is 17.1. The van der Waals surface area contributed by atoms with Gasteiger partial charge in [0.2, 0.25) is 0 Å². The van der Waals surface area contributed by atoms with Crippen LogP contribution in [0.5, 0.6) is 0 Å². The molecular weight excluding hydrogens is 286 g/mol. The van der Waals surface area contributed by atoms with Crippen molar-refractivity contribution in [2.75, 3.05) is 6.61 Å². The van der Waals surface area contributed by atoms with Gasteiger partial charge in [-0.3, -0.25) is 4.90 Å². The van der Waals surface area contributed by atoms with E-state index >= 15 is 0 Å². The zero-order valence-electron chi connectivity index (χ0n) is 13.9. The predicted octanol–water partition coefficient (Wildman–Crippen LogP) is 3.00. The van der Waals surface area contributed by atoms with E-state index in [-0.39, 0.29) is 6.61 Å². The van der Waals surface area contributed by atoms with Crippen LogP contribution in [0.1, 0.15) is 59.8 Å². The second-order valence-electron chi connectivity index (χ2n) is 7.31. The van der Waals surface area contributed by atoms with Crippen molar-refractivity contribution in [2.24, 2.45) is 5.92 Å². The van der Waals surface area contributed by atoms with Gasteiger partial charge in [0.1, 0.15) is 11.3 Å². The number of nitrogens with zero attached hydrogens (tertiary/aromatic N) is 1. The lowest BCUT2D eigenvalue weighted by Gasteiger charge is -2.43. The zero-order valence-corrected chi connectivity index (χ0v) is 13.9. The Morgan fingerprint density at radius 2 is 1.91 bits per heavy atom. The van der Waals surface area contributed by atoms with E-state index in [9.17, 15) is 14.7 Å². The first-order valence-electron chi connectivity index (χ1n) is 8.07. The van der Waals surface area contributed by atoms with E-state index in [1.165, 1.54) is 4.90 Å². The Morgan fingerprint density at radius 3 is 2.36 bits per heavy atom. The number of carboxylic acids is 1. The third-order valence-electron chi connectivity index (χ3n) is 4.60. The minimum atomic E-state index is -1.04. The van der Waals surface area contributed by atoms with Crippen LogP contribution in [0.3, 0.4) is 0 Å². The summed E-state index contributed by atoms with van der Waals surface area (Å²) in [6.07, 6.45) is 3.76. The molecule has 0 bridgehead atoms. The normalized spacial score (nSPS) is 32.3. The first-order valence-corrected chi connectivity index (χ1v) is 8.07. The van der Waals surface area contributed by atoms with Gasteiger partial charge in [0.05, 0.1) is 6.61 Å². The molecule has 2 fully saturated rings. The molecule has 0 radical (unpaired) electrons. The molecule has 1 N–H and O–H groups in total. The number of ether oxygens (including phenoxy) is 2. The van der Waals surface area contributed by atoms with E-state index in [0.29, 0.717) is 18.8 Å². The Kier molecular flexibility index (Phi) is 4.70. The molecule has 0 aromatic carbocycles. The second kappa shape index (κ2) is 6.07. The van der Waals surface area contributed by atoms with E-state index in [1.807, 2.05) is 0 Å². The van der Waals surface area contributed by atoms with Gasteiger partial charge in [-0.25, -0.2) is 9.59 Å². The van der Waals surface area contributed by atoms with Crippen LogP contribution in [-0.4, -0.2) is 46.0 Å². The zero-order chi connectivity index (χ0) is 16.5. The minimum absolute atomic E-state index is 0.0331. The standard InChI is InChI=1S/C16H27NO5/c1-5-11-6-8-16(9-7-11)17(12(10-21-16)13(18)19)14(20)22-15(2,3)4/h11-12H,5-10H2,1-4H3,(H,18,19). The van der Waals surface area contributed by atoms with Gasteiger partial charge in [-0.2, -0.15) is 0 Å². The fraction of sp³-hybridized carbons (Fsp3) is 0.875. The fourth-order valence-electron chi connectivity index (χ4n) is 3.37. The number of carboxylic acid groups (broad SMARTS) is 1. The maximum Gasteiger partial charge on any atom is 0.413 e. The van der Waals surface area contributed by atoms with Crippen molar-refractivity contribution < 1.29 is 24.2 Å². The highest BCUT2D eigenvalue weighted by atomic mass is 16.6. The number of carbonyl (C=O) groups is 2. The van der Waals surface area contributed by atoms with E-state index in [4.69, 9.17) is 9.47 Å². The third kappa shape index (κ3) is 3.37. The Labute approximate surface area is 131 Å². The van der Waals surface area contributed by atoms with Gasteiger partial charge in [0, 0.05) is 0 Å². The molecule has 6 nitrogen and oxygen atoms in total. The van der Waals surface area contributed by atoms with Gasteiger partial charge < -0.3 is 14.6 Å². The Morgan fingerprint density at radius 1 is 1.32 bits per heavy atom. The predicted molar refractivity (Wildman–Crippen MR) is 80.4 cm³/mol. The molecule has 126 valence electrons. The molecule has 1 unspecified atom stereocenters. The van der Waals surface area contributed by atoms with Crippen molar-refractivity contribution in [1.82, 2.24) is 4.90 Å². The van der Waals surface area contributed by atoms with E-state index in [1.54, 1.807) is 20.8 Å². The highest BCUT2D eigenvalue weighted by Gasteiger charge is 2.55. The van der Waals surface area contributed by atoms with Gasteiger partial charge in [-0.05, 0) is 52.4 Å². The number of carbonyl (C=O) groups excluding carboxylic acids is 1. The lowest BCUT2D eigenvalue weighted by Crippen LogP contribution is -2.56. The maximum atomic E-state index is 12.6.